The predicted octanol–water partition coefficient (Wildman–Crippen LogP) is 4.81. The Kier molecular flexibility index (Phi) is 6.79. The molecule has 1 N–H and O–H groups in total. The Morgan fingerprint density at radius 1 is 1.10 bits per heavy atom. The fraction of sp³-hybridized carbons (Fsp3) is 0.261. The van der Waals surface area contributed by atoms with Crippen molar-refractivity contribution in [2.45, 2.75) is 26.7 Å². The molecule has 1 heterocycles. The fourth-order valence-corrected chi connectivity index (χ4v) is 2.70. The molecular weight excluding hydrogens is 364 g/mol. The highest BCUT2D eigenvalue weighted by molar-refractivity contribution is 5.80. The number of rotatable bonds is 8. The van der Waals surface area contributed by atoms with Gasteiger partial charge in [0.2, 0.25) is 0 Å². The van der Waals surface area contributed by atoms with Gasteiger partial charge in [-0.25, -0.2) is 9.97 Å². The zero-order valence-corrected chi connectivity index (χ0v) is 17.0. The number of nitrogens with zero attached hydrogens (tertiary/aromatic N) is 4. The highest BCUT2D eigenvalue weighted by Crippen LogP contribution is 2.27. The molecule has 0 aliphatic rings. The van der Waals surface area contributed by atoms with Crippen molar-refractivity contribution in [1.82, 2.24) is 9.97 Å². The minimum Gasteiger partial charge on any atom is -0.507 e. The number of aryl methyl sites for hydroxylation is 1. The van der Waals surface area contributed by atoms with Gasteiger partial charge in [0.05, 0.1) is 18.4 Å². The van der Waals surface area contributed by atoms with E-state index in [1.54, 1.807) is 29.4 Å². The van der Waals surface area contributed by atoms with Gasteiger partial charge in [-0.2, -0.15) is 5.10 Å². The lowest BCUT2D eigenvalue weighted by Gasteiger charge is -2.14. The summed E-state index contributed by atoms with van der Waals surface area (Å²) in [6.45, 7) is 4.77. The van der Waals surface area contributed by atoms with Crippen LogP contribution in [0.25, 0.3) is 11.4 Å². The number of aromatic nitrogens is 2. The maximum atomic E-state index is 10.1. The van der Waals surface area contributed by atoms with E-state index in [2.05, 4.69) is 22.0 Å². The van der Waals surface area contributed by atoms with Crippen LogP contribution in [0, 0.1) is 6.92 Å². The molecule has 0 bridgehead atoms. The second-order valence-electron chi connectivity index (χ2n) is 6.75. The van der Waals surface area contributed by atoms with Crippen LogP contribution in [-0.4, -0.2) is 34.9 Å². The molecule has 3 aromatic rings. The zero-order chi connectivity index (χ0) is 20.6. The lowest BCUT2D eigenvalue weighted by molar-refractivity contribution is 0.309. The smallest absolute Gasteiger partial charge is 0.165 e. The lowest BCUT2D eigenvalue weighted by Crippen LogP contribution is -2.12. The Morgan fingerprint density at radius 2 is 1.86 bits per heavy atom. The van der Waals surface area contributed by atoms with E-state index < -0.39 is 0 Å². The average Bonchev–Trinajstić information content (AvgIpc) is 2.73. The van der Waals surface area contributed by atoms with Crippen molar-refractivity contribution in [3.05, 3.63) is 65.9 Å². The van der Waals surface area contributed by atoms with Gasteiger partial charge in [-0.15, -0.1) is 0 Å². The number of para-hydroxylation sites is 1. The minimum absolute atomic E-state index is 0.149. The Balaban J connectivity index is 1.73. The van der Waals surface area contributed by atoms with E-state index in [4.69, 9.17) is 4.74 Å². The van der Waals surface area contributed by atoms with E-state index in [-0.39, 0.29) is 5.75 Å². The zero-order valence-electron chi connectivity index (χ0n) is 17.0. The van der Waals surface area contributed by atoms with Crippen molar-refractivity contribution >= 4 is 12.0 Å². The van der Waals surface area contributed by atoms with Gasteiger partial charge in [0.15, 0.2) is 11.6 Å². The molecule has 0 saturated heterocycles. The van der Waals surface area contributed by atoms with Gasteiger partial charge in [-0.3, -0.25) is 5.01 Å². The molecule has 0 unspecified atom stereocenters. The third-order valence-corrected chi connectivity index (χ3v) is 4.34. The van der Waals surface area contributed by atoms with E-state index in [0.717, 1.165) is 36.5 Å². The van der Waals surface area contributed by atoms with Crippen LogP contribution in [-0.2, 0) is 0 Å². The summed E-state index contributed by atoms with van der Waals surface area (Å²) in [7, 11) is 1.83. The summed E-state index contributed by atoms with van der Waals surface area (Å²) in [6.07, 6.45) is 3.94. The molecule has 0 aliphatic heterocycles. The van der Waals surface area contributed by atoms with Gasteiger partial charge >= 0.3 is 0 Å². The highest BCUT2D eigenvalue weighted by Gasteiger charge is 2.11. The van der Waals surface area contributed by atoms with Crippen LogP contribution in [0.1, 0.15) is 31.0 Å². The van der Waals surface area contributed by atoms with Crippen LogP contribution in [0.5, 0.6) is 11.5 Å². The maximum absolute atomic E-state index is 10.1. The van der Waals surface area contributed by atoms with Crippen LogP contribution in [0.4, 0.5) is 5.82 Å². The second-order valence-corrected chi connectivity index (χ2v) is 6.75. The van der Waals surface area contributed by atoms with Crippen LogP contribution in [0.15, 0.2) is 59.7 Å². The molecule has 6 nitrogen and oxygen atoms in total. The molecule has 0 saturated carbocycles. The van der Waals surface area contributed by atoms with E-state index in [0.29, 0.717) is 17.2 Å². The van der Waals surface area contributed by atoms with E-state index in [9.17, 15) is 5.11 Å². The van der Waals surface area contributed by atoms with E-state index >= 15 is 0 Å². The first-order valence-corrected chi connectivity index (χ1v) is 9.71. The second kappa shape index (κ2) is 9.68. The van der Waals surface area contributed by atoms with Crippen molar-refractivity contribution in [3.63, 3.8) is 0 Å². The normalized spacial score (nSPS) is 11.0. The van der Waals surface area contributed by atoms with Gasteiger partial charge in [0, 0.05) is 18.8 Å². The number of unbranched alkanes of at least 4 members (excludes halogenated alkanes) is 1. The number of ether oxygens (including phenoxy) is 1. The van der Waals surface area contributed by atoms with Crippen molar-refractivity contribution in [2.24, 2.45) is 5.10 Å². The summed E-state index contributed by atoms with van der Waals surface area (Å²) in [6, 6.07) is 16.7. The van der Waals surface area contributed by atoms with Crippen molar-refractivity contribution < 1.29 is 9.84 Å². The quantitative estimate of drug-likeness (QED) is 0.340. The number of hydrazone groups is 1. The van der Waals surface area contributed by atoms with E-state index in [1.165, 1.54) is 0 Å². The molecule has 150 valence electrons. The topological polar surface area (TPSA) is 70.8 Å². The standard InChI is InChI=1S/C23H26N4O2/c1-4-5-14-29-19-12-10-18(11-13-19)16-24-27(3)22-15-17(2)25-23(26-22)20-8-6-7-9-21(20)28/h6-13,15-16,28H,4-5,14H2,1-3H3. The molecule has 2 aromatic carbocycles. The van der Waals surface area contributed by atoms with Crippen LogP contribution < -0.4 is 9.75 Å². The molecule has 3 rings (SSSR count). The number of benzene rings is 2. The third kappa shape index (κ3) is 5.54. The highest BCUT2D eigenvalue weighted by atomic mass is 16.5. The summed E-state index contributed by atoms with van der Waals surface area (Å²) in [5, 5.41) is 16.3. The fourth-order valence-electron chi connectivity index (χ4n) is 2.70. The lowest BCUT2D eigenvalue weighted by atomic mass is 10.2. The summed E-state index contributed by atoms with van der Waals surface area (Å²) < 4.78 is 5.68. The third-order valence-electron chi connectivity index (χ3n) is 4.34. The Bertz CT molecular complexity index is 971. The van der Waals surface area contributed by atoms with Gasteiger partial charge in [0.25, 0.3) is 0 Å². The monoisotopic (exact) mass is 390 g/mol. The molecular formula is C23H26N4O2. The molecule has 0 spiro atoms. The Labute approximate surface area is 171 Å². The molecule has 29 heavy (non-hydrogen) atoms. The van der Waals surface area contributed by atoms with Crippen molar-refractivity contribution in [1.29, 1.82) is 0 Å². The first kappa shape index (κ1) is 20.3. The minimum atomic E-state index is 0.149. The predicted molar refractivity (Wildman–Crippen MR) is 117 cm³/mol. The number of hydrogen-bond donors (Lipinski definition) is 1. The Hall–Kier alpha value is -3.41. The van der Waals surface area contributed by atoms with Crippen molar-refractivity contribution in [2.75, 3.05) is 18.7 Å². The van der Waals surface area contributed by atoms with Crippen LogP contribution >= 0.6 is 0 Å². The van der Waals surface area contributed by atoms with Crippen LogP contribution in [0.2, 0.25) is 0 Å². The molecule has 1 aromatic heterocycles. The van der Waals surface area contributed by atoms with Crippen LogP contribution in [0.3, 0.4) is 0 Å². The number of phenolic OH excluding ortho intramolecular Hbond substituents is 1. The SMILES string of the molecule is CCCCOc1ccc(C=NN(C)c2cc(C)nc(-c3ccccc3O)n2)cc1. The largest absolute Gasteiger partial charge is 0.507 e. The summed E-state index contributed by atoms with van der Waals surface area (Å²) in [5.41, 5.74) is 2.35. The van der Waals surface area contributed by atoms with Gasteiger partial charge in [-0.05, 0) is 55.3 Å². The number of phenols is 1. The molecule has 0 amide bonds. The van der Waals surface area contributed by atoms with E-state index in [1.807, 2.05) is 50.4 Å². The van der Waals surface area contributed by atoms with Gasteiger partial charge < -0.3 is 9.84 Å². The van der Waals surface area contributed by atoms with Crippen molar-refractivity contribution in [3.8, 4) is 22.9 Å². The Morgan fingerprint density at radius 3 is 2.59 bits per heavy atom. The summed E-state index contributed by atoms with van der Waals surface area (Å²) in [4.78, 5) is 9.00. The summed E-state index contributed by atoms with van der Waals surface area (Å²) in [5.74, 6) is 2.12. The first-order chi connectivity index (χ1) is 14.1. The molecule has 0 radical (unpaired) electrons. The molecule has 0 atom stereocenters. The molecule has 6 heteroatoms. The molecule has 0 aliphatic carbocycles. The number of hydrogen-bond acceptors (Lipinski definition) is 6. The number of aromatic hydroxyl groups is 1. The first-order valence-electron chi connectivity index (χ1n) is 9.71. The summed E-state index contributed by atoms with van der Waals surface area (Å²) >= 11 is 0. The average molecular weight is 390 g/mol. The number of anilines is 1. The van der Waals surface area contributed by atoms with Gasteiger partial charge in [0.1, 0.15) is 11.5 Å². The molecule has 0 fully saturated rings. The maximum Gasteiger partial charge on any atom is 0.165 e. The van der Waals surface area contributed by atoms with Gasteiger partial charge in [-0.1, -0.05) is 25.5 Å².